The van der Waals surface area contributed by atoms with Gasteiger partial charge in [-0.3, -0.25) is 0 Å². The van der Waals surface area contributed by atoms with Crippen LogP contribution < -0.4 is 10.1 Å². The van der Waals surface area contributed by atoms with E-state index >= 15 is 0 Å². The molecule has 2 nitrogen and oxygen atoms in total. The van der Waals surface area contributed by atoms with E-state index < -0.39 is 0 Å². The van der Waals surface area contributed by atoms with E-state index in [4.69, 9.17) is 4.74 Å². The zero-order valence-electron chi connectivity index (χ0n) is 11.2. The zero-order chi connectivity index (χ0) is 13.7. The van der Waals surface area contributed by atoms with Gasteiger partial charge in [0, 0.05) is 18.2 Å². The van der Waals surface area contributed by atoms with Crippen LogP contribution in [0.5, 0.6) is 5.75 Å². The Morgan fingerprint density at radius 3 is 2.47 bits per heavy atom. The molecule has 0 saturated carbocycles. The van der Waals surface area contributed by atoms with Crippen LogP contribution in [0.3, 0.4) is 0 Å². The highest BCUT2D eigenvalue weighted by Gasteiger charge is 2.07. The summed E-state index contributed by atoms with van der Waals surface area (Å²) in [4.78, 5) is 0. The van der Waals surface area contributed by atoms with Gasteiger partial charge in [-0.1, -0.05) is 30.3 Å². The van der Waals surface area contributed by atoms with Gasteiger partial charge < -0.3 is 10.1 Å². The second-order valence-corrected chi connectivity index (χ2v) is 4.47. The summed E-state index contributed by atoms with van der Waals surface area (Å²) in [6, 6.07) is 14.6. The molecule has 0 amide bonds. The predicted octanol–water partition coefficient (Wildman–Crippen LogP) is 3.69. The molecule has 0 unspecified atom stereocenters. The van der Waals surface area contributed by atoms with E-state index in [0.717, 1.165) is 16.9 Å². The molecule has 0 heterocycles. The lowest BCUT2D eigenvalue weighted by Gasteiger charge is -2.15. The van der Waals surface area contributed by atoms with Gasteiger partial charge >= 0.3 is 0 Å². The van der Waals surface area contributed by atoms with Crippen molar-refractivity contribution < 1.29 is 9.13 Å². The molecule has 0 aliphatic heterocycles. The highest BCUT2D eigenvalue weighted by molar-refractivity contribution is 5.33. The Morgan fingerprint density at radius 1 is 1.11 bits per heavy atom. The summed E-state index contributed by atoms with van der Waals surface area (Å²) in [6.45, 7) is 2.77. The van der Waals surface area contributed by atoms with E-state index in [1.165, 1.54) is 12.1 Å². The molecule has 2 rings (SSSR count). The summed E-state index contributed by atoms with van der Waals surface area (Å²) in [6.07, 6.45) is 0. The third-order valence-electron chi connectivity index (χ3n) is 3.16. The average molecular weight is 259 g/mol. The average Bonchev–Trinajstić information content (AvgIpc) is 2.45. The van der Waals surface area contributed by atoms with E-state index in [0.29, 0.717) is 6.54 Å². The molecular weight excluding hydrogens is 241 g/mol. The van der Waals surface area contributed by atoms with Crippen molar-refractivity contribution in [2.45, 2.75) is 19.5 Å². The van der Waals surface area contributed by atoms with Crippen molar-refractivity contribution in [2.24, 2.45) is 0 Å². The van der Waals surface area contributed by atoms with Gasteiger partial charge in [0.05, 0.1) is 7.11 Å². The summed E-state index contributed by atoms with van der Waals surface area (Å²) in [5.74, 6) is 0.669. The highest BCUT2D eigenvalue weighted by Crippen LogP contribution is 2.19. The van der Waals surface area contributed by atoms with Gasteiger partial charge in [-0.05, 0) is 30.7 Å². The Labute approximate surface area is 113 Å². The van der Waals surface area contributed by atoms with E-state index in [1.807, 2.05) is 24.3 Å². The molecular formula is C16H18FNO. The highest BCUT2D eigenvalue weighted by atomic mass is 19.1. The predicted molar refractivity (Wildman–Crippen MR) is 74.6 cm³/mol. The van der Waals surface area contributed by atoms with Gasteiger partial charge in [0.15, 0.2) is 0 Å². The summed E-state index contributed by atoms with van der Waals surface area (Å²) in [5, 5.41) is 3.41. The molecule has 19 heavy (non-hydrogen) atoms. The van der Waals surface area contributed by atoms with E-state index in [-0.39, 0.29) is 11.9 Å². The molecule has 0 aliphatic carbocycles. The summed E-state index contributed by atoms with van der Waals surface area (Å²) < 4.78 is 18.2. The normalized spacial score (nSPS) is 12.2. The Kier molecular flexibility index (Phi) is 4.53. The monoisotopic (exact) mass is 259 g/mol. The van der Waals surface area contributed by atoms with Crippen LogP contribution in [0.4, 0.5) is 4.39 Å². The van der Waals surface area contributed by atoms with E-state index in [1.54, 1.807) is 19.2 Å². The smallest absolute Gasteiger partial charge is 0.123 e. The molecule has 0 aromatic heterocycles. The number of nitrogens with one attached hydrogen (secondary N) is 1. The van der Waals surface area contributed by atoms with Gasteiger partial charge in [-0.25, -0.2) is 4.39 Å². The number of hydrogen-bond donors (Lipinski definition) is 1. The van der Waals surface area contributed by atoms with Gasteiger partial charge in [-0.15, -0.1) is 0 Å². The molecule has 100 valence electrons. The van der Waals surface area contributed by atoms with Crippen LogP contribution in [-0.2, 0) is 6.54 Å². The van der Waals surface area contributed by atoms with Crippen molar-refractivity contribution in [1.82, 2.24) is 5.32 Å². The number of ether oxygens (including phenoxy) is 1. The summed E-state index contributed by atoms with van der Waals surface area (Å²) >= 11 is 0. The maximum Gasteiger partial charge on any atom is 0.123 e. The number of methoxy groups -OCH3 is 1. The van der Waals surface area contributed by atoms with Crippen LogP contribution in [0.1, 0.15) is 24.1 Å². The largest absolute Gasteiger partial charge is 0.496 e. The van der Waals surface area contributed by atoms with Crippen molar-refractivity contribution in [3.8, 4) is 5.75 Å². The fraction of sp³-hybridized carbons (Fsp3) is 0.250. The minimum atomic E-state index is -0.208. The van der Waals surface area contributed by atoms with Crippen molar-refractivity contribution in [3.63, 3.8) is 0 Å². The van der Waals surface area contributed by atoms with Crippen LogP contribution >= 0.6 is 0 Å². The minimum absolute atomic E-state index is 0.158. The maximum atomic E-state index is 12.9. The number of halogens is 1. The minimum Gasteiger partial charge on any atom is -0.496 e. The Morgan fingerprint density at radius 2 is 1.79 bits per heavy atom. The van der Waals surface area contributed by atoms with Gasteiger partial charge in [0.1, 0.15) is 11.6 Å². The second kappa shape index (κ2) is 6.34. The first-order valence-electron chi connectivity index (χ1n) is 6.31. The summed E-state index contributed by atoms with van der Waals surface area (Å²) in [5.41, 5.74) is 2.18. The van der Waals surface area contributed by atoms with E-state index in [2.05, 4.69) is 12.2 Å². The van der Waals surface area contributed by atoms with Crippen molar-refractivity contribution >= 4 is 0 Å². The van der Waals surface area contributed by atoms with Crippen LogP contribution in [0, 0.1) is 5.82 Å². The van der Waals surface area contributed by atoms with Gasteiger partial charge in [0.2, 0.25) is 0 Å². The molecule has 0 radical (unpaired) electrons. The Hall–Kier alpha value is -1.87. The third kappa shape index (κ3) is 3.55. The standard InChI is InChI=1S/C16H18FNO/c1-12(13-7-9-15(17)10-8-13)18-11-14-5-3-4-6-16(14)19-2/h3-10,12,18H,11H2,1-2H3/t12-/m0/s1. The number of benzene rings is 2. The van der Waals surface area contributed by atoms with Crippen molar-refractivity contribution in [3.05, 3.63) is 65.5 Å². The third-order valence-corrected chi connectivity index (χ3v) is 3.16. The topological polar surface area (TPSA) is 21.3 Å². The lowest BCUT2D eigenvalue weighted by atomic mass is 10.1. The van der Waals surface area contributed by atoms with Gasteiger partial charge in [-0.2, -0.15) is 0 Å². The maximum absolute atomic E-state index is 12.9. The first-order chi connectivity index (χ1) is 9.20. The number of para-hydroxylation sites is 1. The van der Waals surface area contributed by atoms with E-state index in [9.17, 15) is 4.39 Å². The van der Waals surface area contributed by atoms with Gasteiger partial charge in [0.25, 0.3) is 0 Å². The van der Waals surface area contributed by atoms with Crippen molar-refractivity contribution in [1.29, 1.82) is 0 Å². The molecule has 0 saturated heterocycles. The Balaban J connectivity index is 2.00. The Bertz CT molecular complexity index is 525. The number of hydrogen-bond acceptors (Lipinski definition) is 2. The quantitative estimate of drug-likeness (QED) is 0.884. The molecule has 0 aliphatic rings. The molecule has 2 aromatic carbocycles. The molecule has 0 spiro atoms. The zero-order valence-corrected chi connectivity index (χ0v) is 11.2. The lowest BCUT2D eigenvalue weighted by Crippen LogP contribution is -2.18. The van der Waals surface area contributed by atoms with Crippen LogP contribution in [-0.4, -0.2) is 7.11 Å². The van der Waals surface area contributed by atoms with Crippen LogP contribution in [0.2, 0.25) is 0 Å². The molecule has 2 aromatic rings. The van der Waals surface area contributed by atoms with Crippen LogP contribution in [0.25, 0.3) is 0 Å². The fourth-order valence-corrected chi connectivity index (χ4v) is 1.98. The fourth-order valence-electron chi connectivity index (χ4n) is 1.98. The molecule has 0 bridgehead atoms. The number of rotatable bonds is 5. The first-order valence-corrected chi connectivity index (χ1v) is 6.31. The SMILES string of the molecule is COc1ccccc1CN[C@@H](C)c1ccc(F)cc1. The summed E-state index contributed by atoms with van der Waals surface area (Å²) in [7, 11) is 1.67. The molecule has 1 N–H and O–H groups in total. The molecule has 1 atom stereocenters. The van der Waals surface area contributed by atoms with Crippen LogP contribution in [0.15, 0.2) is 48.5 Å². The molecule has 0 fully saturated rings. The second-order valence-electron chi connectivity index (χ2n) is 4.47. The first kappa shape index (κ1) is 13.6. The van der Waals surface area contributed by atoms with Crippen molar-refractivity contribution in [2.75, 3.05) is 7.11 Å². The lowest BCUT2D eigenvalue weighted by molar-refractivity contribution is 0.406. The molecule has 3 heteroatoms.